The van der Waals surface area contributed by atoms with Gasteiger partial charge in [-0.05, 0) is 30.3 Å². The van der Waals surface area contributed by atoms with E-state index in [1.54, 1.807) is 12.1 Å². The van der Waals surface area contributed by atoms with Gasteiger partial charge < -0.3 is 18.6 Å². The van der Waals surface area contributed by atoms with Crippen molar-refractivity contribution in [2.75, 3.05) is 14.2 Å². The van der Waals surface area contributed by atoms with Gasteiger partial charge in [0, 0.05) is 5.39 Å². The van der Waals surface area contributed by atoms with Crippen molar-refractivity contribution in [1.29, 1.82) is 0 Å². The molecule has 0 amide bonds. The summed E-state index contributed by atoms with van der Waals surface area (Å²) in [6.45, 7) is 0. The molecule has 3 aromatic rings. The van der Waals surface area contributed by atoms with Crippen LogP contribution in [0.3, 0.4) is 0 Å². The molecule has 2 aromatic carbocycles. The summed E-state index contributed by atoms with van der Waals surface area (Å²) in [5.41, 5.74) is 0.885. The van der Waals surface area contributed by atoms with Gasteiger partial charge in [-0.1, -0.05) is 18.2 Å². The van der Waals surface area contributed by atoms with Crippen LogP contribution >= 0.6 is 0 Å². The molecule has 0 bridgehead atoms. The van der Waals surface area contributed by atoms with E-state index in [2.05, 4.69) is 4.74 Å². The molecule has 0 atom stereocenters. The standard InChI is InChI=1S/C18H14O6/c1-21-15-10-12(17(19)22-2)7-8-14(15)24-18(20)16-9-11-5-3-4-6-13(11)23-16/h3-10H,1-2H3. The highest BCUT2D eigenvalue weighted by atomic mass is 16.6. The highest BCUT2D eigenvalue weighted by molar-refractivity contribution is 5.94. The Balaban J connectivity index is 1.86. The van der Waals surface area contributed by atoms with Crippen molar-refractivity contribution in [1.82, 2.24) is 0 Å². The Labute approximate surface area is 137 Å². The van der Waals surface area contributed by atoms with Crippen molar-refractivity contribution >= 4 is 22.9 Å². The molecule has 0 saturated heterocycles. The molecule has 0 radical (unpaired) electrons. The van der Waals surface area contributed by atoms with E-state index in [9.17, 15) is 9.59 Å². The van der Waals surface area contributed by atoms with Crippen molar-refractivity contribution in [3.8, 4) is 11.5 Å². The van der Waals surface area contributed by atoms with E-state index in [-0.39, 0.29) is 22.8 Å². The quantitative estimate of drug-likeness (QED) is 0.540. The zero-order valence-corrected chi connectivity index (χ0v) is 13.1. The molecule has 0 N–H and O–H groups in total. The number of rotatable bonds is 4. The molecule has 0 aliphatic carbocycles. The molecule has 24 heavy (non-hydrogen) atoms. The zero-order valence-electron chi connectivity index (χ0n) is 13.1. The van der Waals surface area contributed by atoms with Crippen LogP contribution in [0.25, 0.3) is 11.0 Å². The van der Waals surface area contributed by atoms with Crippen molar-refractivity contribution < 1.29 is 28.2 Å². The van der Waals surface area contributed by atoms with Crippen LogP contribution < -0.4 is 9.47 Å². The fourth-order valence-electron chi connectivity index (χ4n) is 2.23. The maximum absolute atomic E-state index is 12.3. The van der Waals surface area contributed by atoms with E-state index in [1.165, 1.54) is 32.4 Å². The maximum Gasteiger partial charge on any atom is 0.379 e. The van der Waals surface area contributed by atoms with Crippen LogP contribution in [0.15, 0.2) is 52.9 Å². The summed E-state index contributed by atoms with van der Waals surface area (Å²) in [5.74, 6) is -0.674. The summed E-state index contributed by atoms with van der Waals surface area (Å²) in [6, 6.07) is 13.2. The second-order valence-electron chi connectivity index (χ2n) is 4.90. The van der Waals surface area contributed by atoms with Gasteiger partial charge in [-0.2, -0.15) is 0 Å². The number of furan rings is 1. The fraction of sp³-hybridized carbons (Fsp3) is 0.111. The van der Waals surface area contributed by atoms with Gasteiger partial charge in [0.1, 0.15) is 5.58 Å². The Morgan fingerprint density at radius 3 is 2.42 bits per heavy atom. The molecular formula is C18H14O6. The number of hydrogen-bond acceptors (Lipinski definition) is 6. The van der Waals surface area contributed by atoms with Gasteiger partial charge >= 0.3 is 11.9 Å². The van der Waals surface area contributed by atoms with Crippen molar-refractivity contribution in [2.45, 2.75) is 0 Å². The van der Waals surface area contributed by atoms with E-state index in [0.717, 1.165) is 5.39 Å². The van der Waals surface area contributed by atoms with E-state index in [0.29, 0.717) is 5.58 Å². The molecule has 0 aliphatic rings. The lowest BCUT2D eigenvalue weighted by atomic mass is 10.2. The molecule has 3 rings (SSSR count). The highest BCUT2D eigenvalue weighted by Crippen LogP contribution is 2.29. The van der Waals surface area contributed by atoms with Gasteiger partial charge in [0.2, 0.25) is 5.76 Å². The normalized spacial score (nSPS) is 10.4. The summed E-state index contributed by atoms with van der Waals surface area (Å²) in [6.07, 6.45) is 0. The number of carbonyl (C=O) groups is 2. The van der Waals surface area contributed by atoms with Gasteiger partial charge in [-0.15, -0.1) is 0 Å². The third kappa shape index (κ3) is 2.94. The van der Waals surface area contributed by atoms with Crippen molar-refractivity contribution in [3.05, 3.63) is 59.9 Å². The monoisotopic (exact) mass is 326 g/mol. The third-order valence-electron chi connectivity index (χ3n) is 3.41. The first kappa shape index (κ1) is 15.6. The summed E-state index contributed by atoms with van der Waals surface area (Å²) in [4.78, 5) is 23.8. The number of methoxy groups -OCH3 is 2. The highest BCUT2D eigenvalue weighted by Gasteiger charge is 2.18. The number of esters is 2. The van der Waals surface area contributed by atoms with E-state index >= 15 is 0 Å². The van der Waals surface area contributed by atoms with Crippen LogP contribution in [0.4, 0.5) is 0 Å². The van der Waals surface area contributed by atoms with Crippen molar-refractivity contribution in [2.24, 2.45) is 0 Å². The number of fused-ring (bicyclic) bond motifs is 1. The number of carbonyl (C=O) groups excluding carboxylic acids is 2. The Morgan fingerprint density at radius 1 is 0.917 bits per heavy atom. The molecule has 0 spiro atoms. The number of benzene rings is 2. The van der Waals surface area contributed by atoms with Crippen LogP contribution in [0.5, 0.6) is 11.5 Å². The van der Waals surface area contributed by atoms with Crippen LogP contribution in [0.1, 0.15) is 20.9 Å². The smallest absolute Gasteiger partial charge is 0.379 e. The predicted octanol–water partition coefficient (Wildman–Crippen LogP) is 3.45. The summed E-state index contributed by atoms with van der Waals surface area (Å²) in [5, 5.41) is 0.803. The Hall–Kier alpha value is -3.28. The summed E-state index contributed by atoms with van der Waals surface area (Å²) in [7, 11) is 2.69. The molecule has 0 saturated carbocycles. The summed E-state index contributed by atoms with van der Waals surface area (Å²) < 4.78 is 20.6. The average molecular weight is 326 g/mol. The Kier molecular flexibility index (Phi) is 4.20. The molecule has 0 aliphatic heterocycles. The van der Waals surface area contributed by atoms with Crippen LogP contribution in [0.2, 0.25) is 0 Å². The first-order valence-electron chi connectivity index (χ1n) is 7.09. The minimum Gasteiger partial charge on any atom is -0.493 e. The van der Waals surface area contributed by atoms with Crippen molar-refractivity contribution in [3.63, 3.8) is 0 Å². The molecule has 1 aromatic heterocycles. The molecule has 6 nitrogen and oxygen atoms in total. The molecular weight excluding hydrogens is 312 g/mol. The van der Waals surface area contributed by atoms with Gasteiger partial charge in [0.15, 0.2) is 11.5 Å². The van der Waals surface area contributed by atoms with Gasteiger partial charge in [-0.25, -0.2) is 9.59 Å². The third-order valence-corrected chi connectivity index (χ3v) is 3.41. The number of ether oxygens (including phenoxy) is 3. The predicted molar refractivity (Wildman–Crippen MR) is 85.5 cm³/mol. The lowest BCUT2D eigenvalue weighted by molar-refractivity contribution is 0.0600. The maximum atomic E-state index is 12.3. The summed E-state index contributed by atoms with van der Waals surface area (Å²) >= 11 is 0. The Bertz CT molecular complexity index is 876. The van der Waals surface area contributed by atoms with Crippen LogP contribution in [0, 0.1) is 0 Å². The minimum atomic E-state index is -0.657. The minimum absolute atomic E-state index is 0.0790. The average Bonchev–Trinajstić information content (AvgIpc) is 3.05. The van der Waals surface area contributed by atoms with E-state index in [1.807, 2.05) is 18.2 Å². The molecule has 0 unspecified atom stereocenters. The van der Waals surface area contributed by atoms with Crippen LogP contribution in [-0.4, -0.2) is 26.2 Å². The van der Waals surface area contributed by atoms with Gasteiger partial charge in [-0.3, -0.25) is 0 Å². The first-order chi connectivity index (χ1) is 11.6. The lowest BCUT2D eigenvalue weighted by Crippen LogP contribution is -2.09. The largest absolute Gasteiger partial charge is 0.493 e. The molecule has 0 fully saturated rings. The van der Waals surface area contributed by atoms with Gasteiger partial charge in [0.05, 0.1) is 19.8 Å². The second kappa shape index (κ2) is 6.45. The zero-order chi connectivity index (χ0) is 17.1. The lowest BCUT2D eigenvalue weighted by Gasteiger charge is -2.09. The molecule has 122 valence electrons. The topological polar surface area (TPSA) is 75.0 Å². The van der Waals surface area contributed by atoms with Crippen LogP contribution in [-0.2, 0) is 4.74 Å². The number of para-hydroxylation sites is 1. The van der Waals surface area contributed by atoms with E-state index in [4.69, 9.17) is 13.9 Å². The SMILES string of the molecule is COC(=O)c1ccc(OC(=O)c2cc3ccccc3o2)c(OC)c1. The number of hydrogen-bond donors (Lipinski definition) is 0. The Morgan fingerprint density at radius 2 is 1.71 bits per heavy atom. The molecule has 1 heterocycles. The fourth-order valence-corrected chi connectivity index (χ4v) is 2.23. The van der Waals surface area contributed by atoms with E-state index < -0.39 is 11.9 Å². The second-order valence-corrected chi connectivity index (χ2v) is 4.90. The first-order valence-corrected chi connectivity index (χ1v) is 7.09. The van der Waals surface area contributed by atoms with Gasteiger partial charge in [0.25, 0.3) is 0 Å². The molecule has 6 heteroatoms.